The van der Waals surface area contributed by atoms with Gasteiger partial charge in [-0.25, -0.2) is 13.4 Å². The van der Waals surface area contributed by atoms with Gasteiger partial charge in [0.15, 0.2) is 5.13 Å². The second-order valence-corrected chi connectivity index (χ2v) is 10.7. The number of amides is 1. The highest BCUT2D eigenvalue weighted by molar-refractivity contribution is 7.92. The molecular weight excluding hydrogens is 510 g/mol. The second-order valence-electron chi connectivity index (χ2n) is 8.03. The van der Waals surface area contributed by atoms with E-state index in [-0.39, 0.29) is 17.3 Å². The van der Waals surface area contributed by atoms with Gasteiger partial charge in [0.1, 0.15) is 11.5 Å². The highest BCUT2D eigenvalue weighted by Gasteiger charge is 2.23. The molecule has 0 radical (unpaired) electrons. The van der Waals surface area contributed by atoms with Crippen molar-refractivity contribution >= 4 is 48.3 Å². The van der Waals surface area contributed by atoms with Crippen LogP contribution < -0.4 is 14.4 Å². The van der Waals surface area contributed by atoms with Crippen molar-refractivity contribution in [3.63, 3.8) is 0 Å². The predicted molar refractivity (Wildman–Crippen MR) is 144 cm³/mol. The van der Waals surface area contributed by atoms with Crippen molar-refractivity contribution < 1.29 is 22.4 Å². The van der Waals surface area contributed by atoms with Gasteiger partial charge in [0.05, 0.1) is 34.5 Å². The van der Waals surface area contributed by atoms with Crippen LogP contribution in [0.15, 0.2) is 101 Å². The molecule has 0 aliphatic carbocycles. The Morgan fingerprint density at radius 3 is 2.51 bits per heavy atom. The zero-order valence-electron chi connectivity index (χ0n) is 19.8. The molecule has 2 heterocycles. The summed E-state index contributed by atoms with van der Waals surface area (Å²) in [5.41, 5.74) is 1.48. The van der Waals surface area contributed by atoms with E-state index in [4.69, 9.17) is 9.15 Å². The van der Waals surface area contributed by atoms with Crippen LogP contribution in [0.3, 0.4) is 0 Å². The van der Waals surface area contributed by atoms with Crippen LogP contribution in [0.4, 0.5) is 10.8 Å². The van der Waals surface area contributed by atoms with Crippen molar-refractivity contribution in [2.45, 2.75) is 18.4 Å². The molecule has 0 aliphatic heterocycles. The number of nitrogens with one attached hydrogen (secondary N) is 1. The van der Waals surface area contributed by atoms with E-state index in [9.17, 15) is 13.2 Å². The molecule has 0 atom stereocenters. The van der Waals surface area contributed by atoms with Crippen LogP contribution in [-0.2, 0) is 16.6 Å². The van der Waals surface area contributed by atoms with Gasteiger partial charge in [0, 0.05) is 11.3 Å². The van der Waals surface area contributed by atoms with E-state index in [0.717, 1.165) is 16.0 Å². The number of carbonyl (C=O) groups excluding carboxylic acids is 1. The molecule has 0 aliphatic rings. The Morgan fingerprint density at radius 2 is 1.81 bits per heavy atom. The van der Waals surface area contributed by atoms with Crippen LogP contribution >= 0.6 is 11.3 Å². The maximum absolute atomic E-state index is 13.6. The Morgan fingerprint density at radius 1 is 1.03 bits per heavy atom. The van der Waals surface area contributed by atoms with Crippen LogP contribution in [0.5, 0.6) is 5.75 Å². The molecule has 1 amide bonds. The van der Waals surface area contributed by atoms with Gasteiger partial charge in [0.2, 0.25) is 0 Å². The quantitative estimate of drug-likeness (QED) is 0.252. The van der Waals surface area contributed by atoms with E-state index >= 15 is 0 Å². The van der Waals surface area contributed by atoms with Gasteiger partial charge in [-0.05, 0) is 73.7 Å². The van der Waals surface area contributed by atoms with Crippen molar-refractivity contribution in [3.8, 4) is 5.75 Å². The molecule has 37 heavy (non-hydrogen) atoms. The molecule has 0 bridgehead atoms. The SMILES string of the molecule is CCOc1ccc2nc(N(Cc3ccco3)C(=O)c3ccc(NS(=O)(=O)c4ccccc4)cc3)sc2c1. The van der Waals surface area contributed by atoms with Crippen molar-refractivity contribution in [2.24, 2.45) is 0 Å². The molecule has 188 valence electrons. The Balaban J connectivity index is 1.42. The number of fused-ring (bicyclic) bond motifs is 1. The summed E-state index contributed by atoms with van der Waals surface area (Å²) >= 11 is 1.38. The predicted octanol–water partition coefficient (Wildman–Crippen LogP) is 5.94. The Bertz CT molecular complexity index is 1610. The Hall–Kier alpha value is -4.15. The fourth-order valence-corrected chi connectivity index (χ4v) is 5.77. The van der Waals surface area contributed by atoms with Gasteiger partial charge in [-0.1, -0.05) is 29.5 Å². The van der Waals surface area contributed by atoms with E-state index in [1.165, 1.54) is 23.5 Å². The summed E-state index contributed by atoms with van der Waals surface area (Å²) in [6.45, 7) is 2.66. The maximum Gasteiger partial charge on any atom is 0.261 e. The minimum Gasteiger partial charge on any atom is -0.494 e. The number of ether oxygens (including phenoxy) is 1. The molecule has 3 aromatic carbocycles. The van der Waals surface area contributed by atoms with Gasteiger partial charge < -0.3 is 9.15 Å². The number of rotatable bonds is 9. The molecule has 0 saturated carbocycles. The highest BCUT2D eigenvalue weighted by Crippen LogP contribution is 2.33. The lowest BCUT2D eigenvalue weighted by Gasteiger charge is -2.19. The van der Waals surface area contributed by atoms with Gasteiger partial charge in [-0.2, -0.15) is 0 Å². The average molecular weight is 534 g/mol. The summed E-state index contributed by atoms with van der Waals surface area (Å²) in [4.78, 5) is 20.0. The number of thiazole rings is 1. The monoisotopic (exact) mass is 533 g/mol. The standard InChI is InChI=1S/C27H23N3O5S2/c1-2-34-21-14-15-24-25(17-21)36-27(28-24)30(18-22-7-6-16-35-22)26(31)19-10-12-20(13-11-19)29-37(32,33)23-8-4-3-5-9-23/h3-17,29H,2,18H2,1H3. The first-order chi connectivity index (χ1) is 17.9. The molecule has 0 spiro atoms. The number of sulfonamides is 1. The zero-order chi connectivity index (χ0) is 25.8. The lowest BCUT2D eigenvalue weighted by Crippen LogP contribution is -2.30. The van der Waals surface area contributed by atoms with Crippen LogP contribution in [0.1, 0.15) is 23.0 Å². The summed E-state index contributed by atoms with van der Waals surface area (Å²) in [6.07, 6.45) is 1.55. The van der Waals surface area contributed by atoms with Gasteiger partial charge in [-0.15, -0.1) is 0 Å². The van der Waals surface area contributed by atoms with E-state index in [1.54, 1.807) is 65.8 Å². The fraction of sp³-hybridized carbons (Fsp3) is 0.111. The van der Waals surface area contributed by atoms with Gasteiger partial charge >= 0.3 is 0 Å². The van der Waals surface area contributed by atoms with Crippen molar-refractivity contribution in [3.05, 3.63) is 103 Å². The first kappa shape index (κ1) is 24.5. The van der Waals surface area contributed by atoms with Crippen molar-refractivity contribution in [1.82, 2.24) is 4.98 Å². The zero-order valence-corrected chi connectivity index (χ0v) is 21.5. The molecular formula is C27H23N3O5S2. The largest absolute Gasteiger partial charge is 0.494 e. The minimum absolute atomic E-state index is 0.156. The molecule has 2 aromatic heterocycles. The van der Waals surface area contributed by atoms with Crippen LogP contribution in [0.25, 0.3) is 10.2 Å². The summed E-state index contributed by atoms with van der Waals surface area (Å²) < 4.78 is 39.8. The lowest BCUT2D eigenvalue weighted by molar-refractivity contribution is 0.0983. The summed E-state index contributed by atoms with van der Waals surface area (Å²) in [6, 6.07) is 23.6. The molecule has 8 nitrogen and oxygen atoms in total. The van der Waals surface area contributed by atoms with Gasteiger partial charge in [0.25, 0.3) is 15.9 Å². The topological polar surface area (TPSA) is 102 Å². The molecule has 10 heteroatoms. The van der Waals surface area contributed by atoms with Crippen LogP contribution in [-0.4, -0.2) is 25.9 Å². The highest BCUT2D eigenvalue weighted by atomic mass is 32.2. The first-order valence-corrected chi connectivity index (χ1v) is 13.8. The normalized spacial score (nSPS) is 11.4. The number of hydrogen-bond acceptors (Lipinski definition) is 7. The minimum atomic E-state index is -3.74. The van der Waals surface area contributed by atoms with Crippen LogP contribution in [0, 0.1) is 0 Å². The van der Waals surface area contributed by atoms with Crippen molar-refractivity contribution in [1.29, 1.82) is 0 Å². The number of carbonyl (C=O) groups is 1. The fourth-order valence-electron chi connectivity index (χ4n) is 3.70. The van der Waals surface area contributed by atoms with Gasteiger partial charge in [-0.3, -0.25) is 14.4 Å². The molecule has 0 fully saturated rings. The molecule has 0 saturated heterocycles. The van der Waals surface area contributed by atoms with E-state index in [0.29, 0.717) is 28.7 Å². The molecule has 1 N–H and O–H groups in total. The third-order valence-electron chi connectivity index (χ3n) is 5.47. The third-order valence-corrected chi connectivity index (χ3v) is 7.91. The number of benzene rings is 3. The summed E-state index contributed by atoms with van der Waals surface area (Å²) in [5, 5.41) is 0.513. The van der Waals surface area contributed by atoms with Crippen LogP contribution in [0.2, 0.25) is 0 Å². The number of anilines is 2. The maximum atomic E-state index is 13.6. The van der Waals surface area contributed by atoms with E-state index < -0.39 is 10.0 Å². The van der Waals surface area contributed by atoms with E-state index in [1.807, 2.05) is 25.1 Å². The van der Waals surface area contributed by atoms with E-state index in [2.05, 4.69) is 9.71 Å². The number of hydrogen-bond donors (Lipinski definition) is 1. The Kier molecular flexibility index (Phi) is 6.93. The first-order valence-electron chi connectivity index (χ1n) is 11.5. The summed E-state index contributed by atoms with van der Waals surface area (Å²) in [7, 11) is -3.74. The average Bonchev–Trinajstić information content (AvgIpc) is 3.57. The third kappa shape index (κ3) is 5.50. The second kappa shape index (κ2) is 10.5. The number of nitrogens with zero attached hydrogens (tertiary/aromatic N) is 2. The smallest absolute Gasteiger partial charge is 0.261 e. The lowest BCUT2D eigenvalue weighted by atomic mass is 10.2. The molecule has 0 unspecified atom stereocenters. The Labute approximate surface area is 218 Å². The molecule has 5 aromatic rings. The summed E-state index contributed by atoms with van der Waals surface area (Å²) in [5.74, 6) is 1.05. The number of furan rings is 1. The van der Waals surface area contributed by atoms with Crippen molar-refractivity contribution in [2.75, 3.05) is 16.2 Å². The number of aromatic nitrogens is 1. The molecule has 5 rings (SSSR count).